The Morgan fingerprint density at radius 3 is 1.76 bits per heavy atom. The van der Waals surface area contributed by atoms with Crippen LogP contribution >= 0.6 is 34.0 Å². The molecule has 0 unspecified atom stereocenters. The molecule has 0 aliphatic rings. The van der Waals surface area contributed by atoms with Gasteiger partial charge in [0.05, 0.1) is 19.8 Å². The Balaban J connectivity index is 1.28. The summed E-state index contributed by atoms with van der Waals surface area (Å²) in [6.07, 6.45) is 3.96. The number of nitrogens with zero attached hydrogens (tertiary/aromatic N) is 2. The van der Waals surface area contributed by atoms with E-state index >= 15 is 0 Å². The largest absolute Gasteiger partial charge is 0.249 e. The Kier molecular flexibility index (Phi) is 5.85. The monoisotopic (exact) mass is 580 g/mol. The zero-order valence-corrected chi connectivity index (χ0v) is 25.0. The Morgan fingerprint density at radius 2 is 1.07 bits per heavy atom. The average molecular weight is 581 g/mol. The van der Waals surface area contributed by atoms with Crippen molar-refractivity contribution in [2.75, 3.05) is 0 Å². The first-order chi connectivity index (χ1) is 20.1. The molecule has 0 radical (unpaired) electrons. The van der Waals surface area contributed by atoms with Gasteiger partial charge in [0.2, 0.25) is 0 Å². The maximum absolute atomic E-state index is 4.48. The zero-order valence-electron chi connectivity index (χ0n) is 22.5. The minimum Gasteiger partial charge on any atom is -0.249 e. The van der Waals surface area contributed by atoms with Gasteiger partial charge in [0.25, 0.3) is 0 Å². The minimum absolute atomic E-state index is 1.09. The second-order valence-corrected chi connectivity index (χ2v) is 13.9. The number of fused-ring (bicyclic) bond motifs is 5. The molecule has 0 N–H and O–H groups in total. The predicted octanol–water partition coefficient (Wildman–Crippen LogP) is 11.4. The molecular formula is C36H24N2S3. The second-order valence-electron chi connectivity index (χ2n) is 10.3. The van der Waals surface area contributed by atoms with E-state index in [0.29, 0.717) is 0 Å². The lowest BCUT2D eigenvalue weighted by Gasteiger charge is -2.10. The zero-order chi connectivity index (χ0) is 27.5. The van der Waals surface area contributed by atoms with Crippen molar-refractivity contribution in [3.05, 3.63) is 119 Å². The molecule has 0 fully saturated rings. The Hall–Kier alpha value is -4.16. The van der Waals surface area contributed by atoms with E-state index in [-0.39, 0.29) is 0 Å². The van der Waals surface area contributed by atoms with Crippen molar-refractivity contribution in [3.8, 4) is 43.1 Å². The first-order valence-corrected chi connectivity index (χ1v) is 16.0. The molecule has 5 heteroatoms. The molecule has 3 heterocycles. The van der Waals surface area contributed by atoms with Crippen LogP contribution in [0.25, 0.3) is 74.1 Å². The van der Waals surface area contributed by atoms with Gasteiger partial charge in [-0.05, 0) is 82.3 Å². The molecule has 0 saturated heterocycles. The van der Waals surface area contributed by atoms with Crippen LogP contribution in [0.4, 0.5) is 0 Å². The van der Waals surface area contributed by atoms with Gasteiger partial charge in [0.15, 0.2) is 0 Å². The highest BCUT2D eigenvalue weighted by atomic mass is 32.1. The fraction of sp³-hybridized carbons (Fsp3) is 0.0556. The summed E-state index contributed by atoms with van der Waals surface area (Å²) in [6.45, 7) is 4.12. The number of thiazole rings is 2. The van der Waals surface area contributed by atoms with Crippen LogP contribution in [0.15, 0.2) is 109 Å². The summed E-state index contributed by atoms with van der Waals surface area (Å²) in [7, 11) is 0. The average Bonchev–Trinajstić information content (AvgIpc) is 3.74. The van der Waals surface area contributed by atoms with E-state index in [0.717, 1.165) is 10.0 Å². The number of rotatable bonds is 4. The highest BCUT2D eigenvalue weighted by molar-refractivity contribution is 7.26. The van der Waals surface area contributed by atoms with Crippen LogP contribution in [-0.2, 0) is 0 Å². The Morgan fingerprint density at radius 1 is 0.463 bits per heavy atom. The second kappa shape index (κ2) is 9.74. The Labute approximate surface area is 250 Å². The van der Waals surface area contributed by atoms with Crippen molar-refractivity contribution in [2.45, 2.75) is 13.8 Å². The number of hydrogen-bond donors (Lipinski definition) is 0. The summed E-state index contributed by atoms with van der Waals surface area (Å²) in [5, 5.41) is 7.44. The molecule has 196 valence electrons. The van der Waals surface area contributed by atoms with Gasteiger partial charge in [0, 0.05) is 32.6 Å². The molecule has 0 saturated carbocycles. The lowest BCUT2D eigenvalue weighted by molar-refractivity contribution is 1.30. The van der Waals surface area contributed by atoms with E-state index in [4.69, 9.17) is 0 Å². The lowest BCUT2D eigenvalue weighted by Crippen LogP contribution is -1.84. The smallest absolute Gasteiger partial charge is 0.0900 e. The molecule has 0 aliphatic carbocycles. The summed E-state index contributed by atoms with van der Waals surface area (Å²) in [5.41, 5.74) is 7.41. The molecule has 0 amide bonds. The summed E-state index contributed by atoms with van der Waals surface area (Å²) < 4.78 is 2.63. The molecule has 41 heavy (non-hydrogen) atoms. The Bertz CT molecular complexity index is 2250. The molecular weight excluding hydrogens is 557 g/mol. The standard InChI is InChI=1S/C36H24N2S3/c1-21-37-19-34(39-21)26-9-5-7-23(15-26)24-13-14-30-32(17-24)41-33-18-31(28-11-3-4-12-29(28)36(30)33)25-8-6-10-27(16-25)35-20-38-22(2)40-35/h3-20H,1-2H3. The molecule has 2 nitrogen and oxygen atoms in total. The van der Waals surface area contributed by atoms with Crippen LogP contribution in [0, 0.1) is 13.8 Å². The highest BCUT2D eigenvalue weighted by Crippen LogP contribution is 2.44. The van der Waals surface area contributed by atoms with Crippen LogP contribution in [0.5, 0.6) is 0 Å². The normalized spacial score (nSPS) is 11.7. The molecule has 8 rings (SSSR count). The van der Waals surface area contributed by atoms with Gasteiger partial charge in [-0.3, -0.25) is 0 Å². The van der Waals surface area contributed by atoms with Crippen molar-refractivity contribution < 1.29 is 0 Å². The summed E-state index contributed by atoms with van der Waals surface area (Å²) in [5.74, 6) is 0. The van der Waals surface area contributed by atoms with Crippen LogP contribution in [0.1, 0.15) is 10.0 Å². The van der Waals surface area contributed by atoms with E-state index < -0.39 is 0 Å². The third-order valence-corrected chi connectivity index (χ3v) is 10.7. The van der Waals surface area contributed by atoms with Crippen LogP contribution in [0.3, 0.4) is 0 Å². The van der Waals surface area contributed by atoms with Crippen LogP contribution < -0.4 is 0 Å². The van der Waals surface area contributed by atoms with Crippen molar-refractivity contribution in [2.24, 2.45) is 0 Å². The molecule has 3 aromatic heterocycles. The number of aromatic nitrogens is 2. The number of benzene rings is 5. The van der Waals surface area contributed by atoms with Gasteiger partial charge in [-0.25, -0.2) is 9.97 Å². The van der Waals surface area contributed by atoms with Gasteiger partial charge in [0.1, 0.15) is 0 Å². The van der Waals surface area contributed by atoms with Gasteiger partial charge >= 0.3 is 0 Å². The third kappa shape index (κ3) is 4.29. The summed E-state index contributed by atoms with van der Waals surface area (Å²) in [4.78, 5) is 11.3. The van der Waals surface area contributed by atoms with Crippen LogP contribution in [-0.4, -0.2) is 9.97 Å². The highest BCUT2D eigenvalue weighted by Gasteiger charge is 2.15. The van der Waals surface area contributed by atoms with Gasteiger partial charge in [-0.15, -0.1) is 34.0 Å². The number of thiophene rings is 1. The minimum atomic E-state index is 1.09. The quantitative estimate of drug-likeness (QED) is 0.207. The van der Waals surface area contributed by atoms with Crippen molar-refractivity contribution >= 4 is 65.0 Å². The van der Waals surface area contributed by atoms with Gasteiger partial charge in [-0.1, -0.05) is 72.8 Å². The van der Waals surface area contributed by atoms with Gasteiger partial charge in [-0.2, -0.15) is 0 Å². The predicted molar refractivity (Wildman–Crippen MR) is 179 cm³/mol. The molecule has 0 bridgehead atoms. The van der Waals surface area contributed by atoms with Crippen molar-refractivity contribution in [1.29, 1.82) is 0 Å². The molecule has 0 aliphatic heterocycles. The maximum Gasteiger partial charge on any atom is 0.0900 e. The number of hydrogen-bond acceptors (Lipinski definition) is 5. The number of aryl methyl sites for hydroxylation is 2. The van der Waals surface area contributed by atoms with Crippen molar-refractivity contribution in [3.63, 3.8) is 0 Å². The SMILES string of the molecule is Cc1ncc(-c2cccc(-c3ccc4c(c3)sc3cc(-c5cccc(-c6cnc(C)s6)c5)c5ccccc5c34)c2)s1. The first-order valence-electron chi connectivity index (χ1n) is 13.6. The first kappa shape index (κ1) is 24.6. The van der Waals surface area contributed by atoms with E-state index in [1.807, 2.05) is 23.7 Å². The molecule has 8 aromatic rings. The summed E-state index contributed by atoms with van der Waals surface area (Å²) in [6, 6.07) is 35.9. The molecule has 0 atom stereocenters. The van der Waals surface area contributed by atoms with E-state index in [1.54, 1.807) is 22.7 Å². The fourth-order valence-corrected chi connectivity index (χ4v) is 8.49. The lowest BCUT2D eigenvalue weighted by atomic mass is 9.93. The molecule has 0 spiro atoms. The fourth-order valence-electron chi connectivity index (χ4n) is 5.74. The molecule has 5 aromatic carbocycles. The van der Waals surface area contributed by atoms with Crippen LogP contribution in [0.2, 0.25) is 0 Å². The van der Waals surface area contributed by atoms with E-state index in [9.17, 15) is 0 Å². The van der Waals surface area contributed by atoms with Crippen molar-refractivity contribution in [1.82, 2.24) is 9.97 Å². The topological polar surface area (TPSA) is 25.8 Å². The summed E-state index contributed by atoms with van der Waals surface area (Å²) >= 11 is 5.37. The van der Waals surface area contributed by atoms with E-state index in [1.165, 1.54) is 74.1 Å². The van der Waals surface area contributed by atoms with Gasteiger partial charge < -0.3 is 0 Å². The third-order valence-electron chi connectivity index (χ3n) is 7.66. The van der Waals surface area contributed by atoms with E-state index in [2.05, 4.69) is 121 Å². The maximum atomic E-state index is 4.48.